The maximum Gasteiger partial charge on any atom is 0.244 e. The van der Waals surface area contributed by atoms with E-state index in [1.807, 2.05) is 7.05 Å². The van der Waals surface area contributed by atoms with Crippen LogP contribution in [0.15, 0.2) is 17.2 Å². The molecular weight excluding hydrogens is 274 g/mol. The Bertz CT molecular complexity index is 567. The molecule has 2 aliphatic rings. The van der Waals surface area contributed by atoms with Crippen LogP contribution in [0.4, 0.5) is 0 Å². The average molecular weight is 297 g/mol. The minimum Gasteiger partial charge on any atom is -0.363 e. The summed E-state index contributed by atoms with van der Waals surface area (Å²) in [6, 6.07) is 1.98. The number of hydrogen-bond donors (Lipinski definition) is 2. The number of rotatable bonds is 4. The summed E-state index contributed by atoms with van der Waals surface area (Å²) >= 11 is 0. The highest BCUT2D eigenvalue weighted by Gasteiger charge is 2.42. The second-order valence-electron chi connectivity index (χ2n) is 5.91. The molecule has 2 atom stereocenters. The number of hydrogen-bond acceptors (Lipinski definition) is 3. The fraction of sp³-hybridized carbons (Fsp3) is 0.714. The lowest BCUT2D eigenvalue weighted by Gasteiger charge is -2.30. The van der Waals surface area contributed by atoms with Crippen LogP contribution in [0.25, 0.3) is 0 Å². The summed E-state index contributed by atoms with van der Waals surface area (Å²) in [5, 5.41) is 3.02. The van der Waals surface area contributed by atoms with Gasteiger partial charge in [0.25, 0.3) is 0 Å². The Morgan fingerprint density at radius 1 is 1.35 bits per heavy atom. The standard InChI is InChI=1S/C14H23N3O2S/c1-15-9-12-8-13(10-16-12)20(18,19)17-7-6-11-4-2-3-5-14(11)17/h8,10-11,14-16H,2-7,9H2,1H3. The van der Waals surface area contributed by atoms with Crippen molar-refractivity contribution in [3.05, 3.63) is 18.0 Å². The van der Waals surface area contributed by atoms with Gasteiger partial charge in [-0.25, -0.2) is 8.42 Å². The van der Waals surface area contributed by atoms with Gasteiger partial charge in [0.2, 0.25) is 10.0 Å². The predicted molar refractivity (Wildman–Crippen MR) is 77.8 cm³/mol. The van der Waals surface area contributed by atoms with Gasteiger partial charge in [0.15, 0.2) is 0 Å². The Hall–Kier alpha value is -0.850. The first kappa shape index (κ1) is 14.1. The fourth-order valence-electron chi connectivity index (χ4n) is 3.66. The van der Waals surface area contributed by atoms with Crippen LogP contribution in [0.2, 0.25) is 0 Å². The molecule has 0 aromatic carbocycles. The number of H-pyrrole nitrogens is 1. The third-order valence-corrected chi connectivity index (χ3v) is 6.55. The van der Waals surface area contributed by atoms with Gasteiger partial charge in [0, 0.05) is 31.0 Å². The smallest absolute Gasteiger partial charge is 0.244 e. The second kappa shape index (κ2) is 5.50. The molecule has 6 heteroatoms. The molecule has 0 amide bonds. The molecule has 1 saturated heterocycles. The minimum absolute atomic E-state index is 0.233. The Morgan fingerprint density at radius 3 is 2.95 bits per heavy atom. The molecule has 2 N–H and O–H groups in total. The third kappa shape index (κ3) is 2.40. The van der Waals surface area contributed by atoms with Crippen LogP contribution in [0.3, 0.4) is 0 Å². The quantitative estimate of drug-likeness (QED) is 0.889. The molecule has 1 saturated carbocycles. The van der Waals surface area contributed by atoms with Crippen molar-refractivity contribution < 1.29 is 8.42 Å². The van der Waals surface area contributed by atoms with Gasteiger partial charge >= 0.3 is 0 Å². The Kier molecular flexibility index (Phi) is 3.88. The first-order valence-electron chi connectivity index (χ1n) is 7.46. The van der Waals surface area contributed by atoms with E-state index in [4.69, 9.17) is 0 Å². The molecule has 1 aromatic rings. The Morgan fingerprint density at radius 2 is 2.15 bits per heavy atom. The fourth-order valence-corrected chi connectivity index (χ4v) is 5.41. The van der Waals surface area contributed by atoms with E-state index >= 15 is 0 Å². The van der Waals surface area contributed by atoms with Crippen molar-refractivity contribution in [2.75, 3.05) is 13.6 Å². The van der Waals surface area contributed by atoms with E-state index in [1.165, 1.54) is 12.8 Å². The summed E-state index contributed by atoms with van der Waals surface area (Å²) in [4.78, 5) is 3.45. The van der Waals surface area contributed by atoms with Crippen molar-refractivity contribution in [3.63, 3.8) is 0 Å². The van der Waals surface area contributed by atoms with E-state index in [-0.39, 0.29) is 6.04 Å². The molecule has 0 radical (unpaired) electrons. The van der Waals surface area contributed by atoms with E-state index in [0.29, 0.717) is 23.9 Å². The molecule has 1 aliphatic heterocycles. The highest BCUT2D eigenvalue weighted by atomic mass is 32.2. The molecule has 1 aromatic heterocycles. The second-order valence-corrected chi connectivity index (χ2v) is 7.80. The molecular formula is C14H23N3O2S. The van der Waals surface area contributed by atoms with Gasteiger partial charge in [-0.3, -0.25) is 0 Å². The van der Waals surface area contributed by atoms with E-state index in [2.05, 4.69) is 10.3 Å². The van der Waals surface area contributed by atoms with Crippen LogP contribution in [-0.2, 0) is 16.6 Å². The Balaban J connectivity index is 1.83. The largest absolute Gasteiger partial charge is 0.363 e. The van der Waals surface area contributed by atoms with E-state index in [1.54, 1.807) is 16.6 Å². The maximum atomic E-state index is 12.8. The Labute approximate surface area is 120 Å². The van der Waals surface area contributed by atoms with Crippen molar-refractivity contribution in [1.29, 1.82) is 0 Å². The molecule has 0 bridgehead atoms. The summed E-state index contributed by atoms with van der Waals surface area (Å²) in [6.07, 6.45) is 7.28. The van der Waals surface area contributed by atoms with Gasteiger partial charge in [0.05, 0.1) is 4.90 Å². The third-order valence-electron chi connectivity index (χ3n) is 4.65. The van der Waals surface area contributed by atoms with Crippen molar-refractivity contribution >= 4 is 10.0 Å². The molecule has 3 rings (SSSR count). The molecule has 2 unspecified atom stereocenters. The van der Waals surface area contributed by atoms with Gasteiger partial charge in [-0.1, -0.05) is 12.8 Å². The number of aromatic amines is 1. The van der Waals surface area contributed by atoms with Crippen LogP contribution >= 0.6 is 0 Å². The van der Waals surface area contributed by atoms with E-state index < -0.39 is 10.0 Å². The zero-order chi connectivity index (χ0) is 14.2. The van der Waals surface area contributed by atoms with E-state index in [0.717, 1.165) is 25.0 Å². The number of sulfonamides is 1. The number of nitrogens with one attached hydrogen (secondary N) is 2. The van der Waals surface area contributed by atoms with Crippen LogP contribution < -0.4 is 5.32 Å². The predicted octanol–water partition coefficient (Wildman–Crippen LogP) is 1.69. The normalized spacial score (nSPS) is 27.6. The van der Waals surface area contributed by atoms with Crippen molar-refractivity contribution in [2.45, 2.75) is 49.6 Å². The first-order chi connectivity index (χ1) is 9.63. The minimum atomic E-state index is -3.33. The lowest BCUT2D eigenvalue weighted by atomic mass is 9.86. The van der Waals surface area contributed by atoms with Crippen molar-refractivity contribution in [2.24, 2.45) is 5.92 Å². The van der Waals surface area contributed by atoms with Crippen molar-refractivity contribution in [1.82, 2.24) is 14.6 Å². The summed E-state index contributed by atoms with van der Waals surface area (Å²) in [7, 11) is -1.48. The molecule has 2 fully saturated rings. The molecule has 112 valence electrons. The average Bonchev–Trinajstić information content (AvgIpc) is 3.05. The summed E-state index contributed by atoms with van der Waals surface area (Å²) < 4.78 is 27.3. The molecule has 20 heavy (non-hydrogen) atoms. The van der Waals surface area contributed by atoms with Gasteiger partial charge < -0.3 is 10.3 Å². The van der Waals surface area contributed by atoms with Crippen molar-refractivity contribution in [3.8, 4) is 0 Å². The van der Waals surface area contributed by atoms with Gasteiger partial charge in [-0.2, -0.15) is 4.31 Å². The molecule has 1 aliphatic carbocycles. The topological polar surface area (TPSA) is 65.2 Å². The summed E-state index contributed by atoms with van der Waals surface area (Å²) in [5.74, 6) is 0.578. The first-order valence-corrected chi connectivity index (χ1v) is 8.90. The number of fused-ring (bicyclic) bond motifs is 1. The zero-order valence-electron chi connectivity index (χ0n) is 11.9. The van der Waals surface area contributed by atoms with Crippen LogP contribution in [0.1, 0.15) is 37.8 Å². The highest BCUT2D eigenvalue weighted by molar-refractivity contribution is 7.89. The summed E-state index contributed by atoms with van der Waals surface area (Å²) in [6.45, 7) is 1.34. The van der Waals surface area contributed by atoms with Crippen LogP contribution in [0, 0.1) is 5.92 Å². The molecule has 0 spiro atoms. The highest BCUT2D eigenvalue weighted by Crippen LogP contribution is 2.39. The van der Waals surface area contributed by atoms with Gasteiger partial charge in [-0.05, 0) is 38.3 Å². The summed E-state index contributed by atoms with van der Waals surface area (Å²) in [5.41, 5.74) is 0.908. The zero-order valence-corrected chi connectivity index (χ0v) is 12.7. The number of nitrogens with zero attached hydrogens (tertiary/aromatic N) is 1. The van der Waals surface area contributed by atoms with Crippen LogP contribution in [-0.4, -0.2) is 37.3 Å². The number of aromatic nitrogens is 1. The van der Waals surface area contributed by atoms with E-state index in [9.17, 15) is 8.42 Å². The monoisotopic (exact) mass is 297 g/mol. The van der Waals surface area contributed by atoms with Gasteiger partial charge in [-0.15, -0.1) is 0 Å². The van der Waals surface area contributed by atoms with Crippen LogP contribution in [0.5, 0.6) is 0 Å². The lowest BCUT2D eigenvalue weighted by Crippen LogP contribution is -2.39. The molecule has 2 heterocycles. The SMILES string of the molecule is CNCc1cc(S(=O)(=O)N2CCC3CCCCC32)c[nH]1. The molecule has 5 nitrogen and oxygen atoms in total. The van der Waals surface area contributed by atoms with Gasteiger partial charge in [0.1, 0.15) is 0 Å². The lowest BCUT2D eigenvalue weighted by molar-refractivity contribution is 0.260. The maximum absolute atomic E-state index is 12.8.